The summed E-state index contributed by atoms with van der Waals surface area (Å²) in [6.45, 7) is 4.16. The zero-order valence-corrected chi connectivity index (χ0v) is 18.4. The van der Waals surface area contributed by atoms with Crippen LogP contribution in [0.15, 0.2) is 48.7 Å². The van der Waals surface area contributed by atoms with Crippen LogP contribution in [0.1, 0.15) is 46.9 Å². The molecule has 1 saturated heterocycles. The number of carbonyl (C=O) groups excluding carboxylic acids is 2. The number of pyridine rings is 1. The normalized spacial score (nSPS) is 13.6. The van der Waals surface area contributed by atoms with E-state index in [4.69, 9.17) is 9.47 Å². The van der Waals surface area contributed by atoms with Crippen LogP contribution >= 0.6 is 0 Å². The van der Waals surface area contributed by atoms with Crippen molar-refractivity contribution in [1.82, 2.24) is 4.98 Å². The first-order valence-electron chi connectivity index (χ1n) is 10.9. The smallest absolute Gasteiger partial charge is 0.341 e. The zero-order valence-electron chi connectivity index (χ0n) is 18.4. The van der Waals surface area contributed by atoms with Crippen molar-refractivity contribution in [3.05, 3.63) is 59.8 Å². The van der Waals surface area contributed by atoms with Gasteiger partial charge in [0.25, 0.3) is 0 Å². The molecule has 1 aliphatic rings. The standard InChI is InChI=1S/C25H27N3O4/c1-3-32-25(30)21-16-26-22-12-7-17(24(29)31-2)15-20(22)23(21)27-18-8-10-19(11-9-18)28-13-5-4-6-14-28/h7-12,15-16H,3-6,13-14H2,1-2H3,(H,26,27). The van der Waals surface area contributed by atoms with Crippen LogP contribution < -0.4 is 10.2 Å². The first kappa shape index (κ1) is 21.6. The van der Waals surface area contributed by atoms with E-state index in [1.54, 1.807) is 25.1 Å². The predicted molar refractivity (Wildman–Crippen MR) is 125 cm³/mol. The quantitative estimate of drug-likeness (QED) is 0.552. The molecule has 0 radical (unpaired) electrons. The van der Waals surface area contributed by atoms with E-state index < -0.39 is 11.9 Å². The summed E-state index contributed by atoms with van der Waals surface area (Å²) in [5.74, 6) is -0.928. The minimum Gasteiger partial charge on any atom is -0.465 e. The Kier molecular flexibility index (Phi) is 6.54. The van der Waals surface area contributed by atoms with Gasteiger partial charge in [0.1, 0.15) is 5.56 Å². The van der Waals surface area contributed by atoms with Gasteiger partial charge in [0.15, 0.2) is 0 Å². The summed E-state index contributed by atoms with van der Waals surface area (Å²) in [4.78, 5) is 31.5. The number of hydrogen-bond acceptors (Lipinski definition) is 7. The number of carbonyl (C=O) groups is 2. The lowest BCUT2D eigenvalue weighted by Gasteiger charge is -2.29. The second-order valence-corrected chi connectivity index (χ2v) is 7.71. The molecular weight excluding hydrogens is 406 g/mol. The molecular formula is C25H27N3O4. The van der Waals surface area contributed by atoms with Gasteiger partial charge in [-0.25, -0.2) is 9.59 Å². The van der Waals surface area contributed by atoms with E-state index in [9.17, 15) is 9.59 Å². The third-order valence-electron chi connectivity index (χ3n) is 5.64. The Bertz CT molecular complexity index is 1120. The van der Waals surface area contributed by atoms with E-state index >= 15 is 0 Å². The molecule has 166 valence electrons. The Balaban J connectivity index is 1.73. The van der Waals surface area contributed by atoms with Crippen LogP contribution in [0.2, 0.25) is 0 Å². The molecule has 7 nitrogen and oxygen atoms in total. The van der Waals surface area contributed by atoms with Gasteiger partial charge in [-0.05, 0) is 68.7 Å². The van der Waals surface area contributed by atoms with Gasteiger partial charge in [0, 0.05) is 36.0 Å². The molecule has 0 bridgehead atoms. The number of fused-ring (bicyclic) bond motifs is 1. The van der Waals surface area contributed by atoms with E-state index in [0.717, 1.165) is 18.8 Å². The van der Waals surface area contributed by atoms with E-state index in [2.05, 4.69) is 27.3 Å². The van der Waals surface area contributed by atoms with E-state index in [1.165, 1.54) is 38.3 Å². The van der Waals surface area contributed by atoms with Crippen molar-refractivity contribution in [2.75, 3.05) is 37.0 Å². The molecule has 0 amide bonds. The van der Waals surface area contributed by atoms with Crippen LogP contribution in [0.4, 0.5) is 17.1 Å². The molecule has 1 N–H and O–H groups in total. The molecule has 2 heterocycles. The van der Waals surface area contributed by atoms with Crippen LogP contribution in [0.5, 0.6) is 0 Å². The molecule has 3 aromatic rings. The number of rotatable bonds is 6. The number of methoxy groups -OCH3 is 1. The molecule has 0 atom stereocenters. The van der Waals surface area contributed by atoms with Crippen LogP contribution in [0.3, 0.4) is 0 Å². The molecule has 1 aliphatic heterocycles. The maximum atomic E-state index is 12.6. The molecule has 4 rings (SSSR count). The topological polar surface area (TPSA) is 80.8 Å². The number of esters is 2. The maximum absolute atomic E-state index is 12.6. The van der Waals surface area contributed by atoms with Crippen molar-refractivity contribution in [3.63, 3.8) is 0 Å². The number of piperidine rings is 1. The zero-order chi connectivity index (χ0) is 22.5. The highest BCUT2D eigenvalue weighted by Crippen LogP contribution is 2.32. The fourth-order valence-electron chi connectivity index (χ4n) is 3.99. The van der Waals surface area contributed by atoms with Crippen LogP contribution in [-0.2, 0) is 9.47 Å². The third-order valence-corrected chi connectivity index (χ3v) is 5.64. The van der Waals surface area contributed by atoms with Gasteiger partial charge in [-0.3, -0.25) is 4.98 Å². The second-order valence-electron chi connectivity index (χ2n) is 7.71. The van der Waals surface area contributed by atoms with Gasteiger partial charge in [-0.15, -0.1) is 0 Å². The van der Waals surface area contributed by atoms with Crippen LogP contribution in [0.25, 0.3) is 10.9 Å². The Hall–Kier alpha value is -3.61. The Morgan fingerprint density at radius 3 is 2.47 bits per heavy atom. The number of nitrogens with zero attached hydrogens (tertiary/aromatic N) is 2. The SMILES string of the molecule is CCOC(=O)c1cnc2ccc(C(=O)OC)cc2c1Nc1ccc(N2CCCCC2)cc1. The average molecular weight is 434 g/mol. The van der Waals surface area contributed by atoms with Crippen molar-refractivity contribution in [2.45, 2.75) is 26.2 Å². The van der Waals surface area contributed by atoms with Crippen molar-refractivity contribution >= 4 is 39.9 Å². The van der Waals surface area contributed by atoms with Gasteiger partial charge < -0.3 is 19.7 Å². The van der Waals surface area contributed by atoms with Gasteiger partial charge >= 0.3 is 11.9 Å². The monoisotopic (exact) mass is 433 g/mol. The first-order chi connectivity index (χ1) is 15.6. The van der Waals surface area contributed by atoms with E-state index in [-0.39, 0.29) is 6.61 Å². The van der Waals surface area contributed by atoms with Gasteiger partial charge in [-0.1, -0.05) is 0 Å². The number of ether oxygens (including phenoxy) is 2. The molecule has 32 heavy (non-hydrogen) atoms. The summed E-state index contributed by atoms with van der Waals surface area (Å²) in [5.41, 5.74) is 3.90. The predicted octanol–water partition coefficient (Wildman–Crippen LogP) is 4.93. The second kappa shape index (κ2) is 9.68. The number of hydrogen-bond donors (Lipinski definition) is 1. The number of nitrogens with one attached hydrogen (secondary N) is 1. The molecule has 0 aliphatic carbocycles. The molecule has 1 aromatic heterocycles. The number of aromatic nitrogens is 1. The Morgan fingerprint density at radius 1 is 1.03 bits per heavy atom. The summed E-state index contributed by atoms with van der Waals surface area (Å²) in [5, 5.41) is 4.00. The molecule has 0 saturated carbocycles. The molecule has 2 aromatic carbocycles. The van der Waals surface area contributed by atoms with Gasteiger partial charge in [0.05, 0.1) is 30.5 Å². The van der Waals surface area contributed by atoms with Gasteiger partial charge in [-0.2, -0.15) is 0 Å². The molecule has 0 spiro atoms. The highest BCUT2D eigenvalue weighted by atomic mass is 16.5. The lowest BCUT2D eigenvalue weighted by molar-refractivity contribution is 0.0526. The fourth-order valence-corrected chi connectivity index (χ4v) is 3.99. The first-order valence-corrected chi connectivity index (χ1v) is 10.9. The molecule has 1 fully saturated rings. The highest BCUT2D eigenvalue weighted by molar-refractivity contribution is 6.07. The van der Waals surface area contributed by atoms with E-state index in [0.29, 0.717) is 27.7 Å². The van der Waals surface area contributed by atoms with E-state index in [1.807, 2.05) is 12.1 Å². The van der Waals surface area contributed by atoms with Crippen molar-refractivity contribution in [3.8, 4) is 0 Å². The summed E-state index contributed by atoms with van der Waals surface area (Å²) < 4.78 is 10.1. The molecule has 7 heteroatoms. The van der Waals surface area contributed by atoms with Crippen molar-refractivity contribution in [2.24, 2.45) is 0 Å². The van der Waals surface area contributed by atoms with Crippen LogP contribution in [0, 0.1) is 0 Å². The summed E-state index contributed by atoms with van der Waals surface area (Å²) in [6, 6.07) is 13.2. The largest absolute Gasteiger partial charge is 0.465 e. The Labute approximate surface area is 187 Å². The lowest BCUT2D eigenvalue weighted by atomic mass is 10.1. The summed E-state index contributed by atoms with van der Waals surface area (Å²) in [7, 11) is 1.34. The third kappa shape index (κ3) is 4.51. The maximum Gasteiger partial charge on any atom is 0.341 e. The average Bonchev–Trinajstić information content (AvgIpc) is 2.84. The summed E-state index contributed by atoms with van der Waals surface area (Å²) in [6.07, 6.45) is 5.22. The number of benzene rings is 2. The fraction of sp³-hybridized carbons (Fsp3) is 0.320. The number of anilines is 3. The summed E-state index contributed by atoms with van der Waals surface area (Å²) >= 11 is 0. The van der Waals surface area contributed by atoms with Crippen molar-refractivity contribution < 1.29 is 19.1 Å². The van der Waals surface area contributed by atoms with Crippen molar-refractivity contribution in [1.29, 1.82) is 0 Å². The van der Waals surface area contributed by atoms with Gasteiger partial charge in [0.2, 0.25) is 0 Å². The minimum atomic E-state index is -0.474. The lowest BCUT2D eigenvalue weighted by Crippen LogP contribution is -2.29. The highest BCUT2D eigenvalue weighted by Gasteiger charge is 2.19. The van der Waals surface area contributed by atoms with Crippen LogP contribution in [-0.4, -0.2) is 43.7 Å². The minimum absolute atomic E-state index is 0.253. The Morgan fingerprint density at radius 2 is 1.78 bits per heavy atom. The molecule has 0 unspecified atom stereocenters.